The van der Waals surface area contributed by atoms with E-state index in [0.29, 0.717) is 12.2 Å². The predicted molar refractivity (Wildman–Crippen MR) is 118 cm³/mol. The predicted octanol–water partition coefficient (Wildman–Crippen LogP) is 3.48. The van der Waals surface area contributed by atoms with Crippen molar-refractivity contribution in [3.05, 3.63) is 29.8 Å². The summed E-state index contributed by atoms with van der Waals surface area (Å²) in [5.74, 6) is 2.42. The lowest BCUT2D eigenvalue weighted by Gasteiger charge is -2.59. The molecule has 1 saturated heterocycles. The molecule has 5 fully saturated rings. The lowest BCUT2D eigenvalue weighted by atomic mass is 9.48. The SMILES string of the molecule is C[C@H](NC(=O)c1ccc(S(=O)(=O)NC[C@H]2CCCO2)cc1)C12CC3CC(CC(C3)C1)C2. The van der Waals surface area contributed by atoms with Crippen molar-refractivity contribution in [2.24, 2.45) is 23.2 Å². The quantitative estimate of drug-likeness (QED) is 0.672. The number of hydrogen-bond acceptors (Lipinski definition) is 4. The van der Waals surface area contributed by atoms with E-state index < -0.39 is 10.0 Å². The van der Waals surface area contributed by atoms with Gasteiger partial charge in [0.1, 0.15) is 0 Å². The first-order valence-corrected chi connectivity index (χ1v) is 13.3. The summed E-state index contributed by atoms with van der Waals surface area (Å²) in [5, 5.41) is 3.25. The minimum absolute atomic E-state index is 0.0501. The van der Waals surface area contributed by atoms with Gasteiger partial charge in [0.2, 0.25) is 10.0 Å². The van der Waals surface area contributed by atoms with E-state index in [0.717, 1.165) is 30.6 Å². The second-order valence-corrected chi connectivity index (χ2v) is 12.3. The minimum Gasteiger partial charge on any atom is -0.377 e. The Morgan fingerprint density at radius 3 is 2.26 bits per heavy atom. The molecular formula is C24H34N2O4S. The standard InChI is InChI=1S/C24H34N2O4S/c1-16(24-12-17-9-18(13-24)11-19(10-17)14-24)26-23(27)20-4-6-22(7-5-20)31(28,29)25-15-21-3-2-8-30-21/h4-7,16-19,21,25H,2-3,8-15H2,1H3,(H,26,27)/t16-,17?,18?,19?,21+,24?/m0/s1. The van der Waals surface area contributed by atoms with E-state index in [-0.39, 0.29) is 34.9 Å². The highest BCUT2D eigenvalue weighted by Gasteiger charge is 2.53. The van der Waals surface area contributed by atoms with E-state index in [1.54, 1.807) is 12.1 Å². The van der Waals surface area contributed by atoms with Crippen LogP contribution in [0.5, 0.6) is 0 Å². The molecule has 1 aromatic rings. The molecule has 1 amide bonds. The third kappa shape index (κ3) is 4.29. The molecule has 4 aliphatic carbocycles. The van der Waals surface area contributed by atoms with Crippen molar-refractivity contribution >= 4 is 15.9 Å². The molecule has 0 aromatic heterocycles. The molecule has 7 heteroatoms. The topological polar surface area (TPSA) is 84.5 Å². The monoisotopic (exact) mass is 446 g/mol. The fraction of sp³-hybridized carbons (Fsp3) is 0.708. The molecule has 4 saturated carbocycles. The van der Waals surface area contributed by atoms with Crippen molar-refractivity contribution in [1.29, 1.82) is 0 Å². The molecule has 1 heterocycles. The van der Waals surface area contributed by atoms with Crippen LogP contribution in [0.25, 0.3) is 0 Å². The molecule has 6 nitrogen and oxygen atoms in total. The fourth-order valence-electron chi connectivity index (χ4n) is 7.02. The summed E-state index contributed by atoms with van der Waals surface area (Å²) in [6.07, 6.45) is 9.69. The summed E-state index contributed by atoms with van der Waals surface area (Å²) in [6.45, 7) is 3.14. The molecule has 2 N–H and O–H groups in total. The number of sulfonamides is 1. The van der Waals surface area contributed by atoms with Crippen LogP contribution in [-0.2, 0) is 14.8 Å². The molecule has 1 aliphatic heterocycles. The van der Waals surface area contributed by atoms with Gasteiger partial charge in [-0.2, -0.15) is 0 Å². The average Bonchev–Trinajstić information content (AvgIpc) is 3.25. The number of hydrogen-bond donors (Lipinski definition) is 2. The van der Waals surface area contributed by atoms with Gasteiger partial charge in [-0.15, -0.1) is 0 Å². The van der Waals surface area contributed by atoms with Crippen LogP contribution in [0.1, 0.15) is 68.6 Å². The first-order valence-electron chi connectivity index (χ1n) is 11.9. The number of amides is 1. The normalized spacial score (nSPS) is 35.3. The van der Waals surface area contributed by atoms with E-state index in [2.05, 4.69) is 17.0 Å². The van der Waals surface area contributed by atoms with Gasteiger partial charge in [-0.1, -0.05) is 0 Å². The first-order chi connectivity index (χ1) is 14.8. The van der Waals surface area contributed by atoms with Gasteiger partial charge < -0.3 is 10.1 Å². The molecular weight excluding hydrogens is 412 g/mol. The molecule has 4 bridgehead atoms. The Bertz CT molecular complexity index is 886. The van der Waals surface area contributed by atoms with Crippen LogP contribution < -0.4 is 10.0 Å². The minimum atomic E-state index is -3.61. The fourth-order valence-corrected chi connectivity index (χ4v) is 8.08. The Labute approximate surface area is 185 Å². The van der Waals surface area contributed by atoms with Crippen LogP contribution in [-0.4, -0.2) is 39.6 Å². The summed E-state index contributed by atoms with van der Waals surface area (Å²) in [5.41, 5.74) is 0.759. The Morgan fingerprint density at radius 2 is 1.71 bits per heavy atom. The second-order valence-electron chi connectivity index (χ2n) is 10.5. The lowest BCUT2D eigenvalue weighted by Crippen LogP contribution is -2.55. The number of benzene rings is 1. The number of ether oxygens (including phenoxy) is 1. The van der Waals surface area contributed by atoms with E-state index in [4.69, 9.17) is 4.74 Å². The summed E-state index contributed by atoms with van der Waals surface area (Å²) in [4.78, 5) is 13.1. The summed E-state index contributed by atoms with van der Waals surface area (Å²) < 4.78 is 33.2. The van der Waals surface area contributed by atoms with Gasteiger partial charge in [-0.3, -0.25) is 4.79 Å². The van der Waals surface area contributed by atoms with Crippen LogP contribution in [0.15, 0.2) is 29.2 Å². The zero-order valence-corrected chi connectivity index (χ0v) is 19.1. The van der Waals surface area contributed by atoms with Crippen molar-refractivity contribution in [3.63, 3.8) is 0 Å². The average molecular weight is 447 g/mol. The molecule has 0 radical (unpaired) electrons. The number of carbonyl (C=O) groups is 1. The molecule has 31 heavy (non-hydrogen) atoms. The van der Waals surface area contributed by atoms with Gasteiger partial charge in [0.15, 0.2) is 0 Å². The van der Waals surface area contributed by atoms with Crippen molar-refractivity contribution < 1.29 is 17.9 Å². The summed E-state index contributed by atoms with van der Waals surface area (Å²) in [7, 11) is -3.61. The Balaban J connectivity index is 1.21. The highest BCUT2D eigenvalue weighted by molar-refractivity contribution is 7.89. The second kappa shape index (κ2) is 8.16. The van der Waals surface area contributed by atoms with Gasteiger partial charge in [-0.25, -0.2) is 13.1 Å². The van der Waals surface area contributed by atoms with Crippen LogP contribution in [0.2, 0.25) is 0 Å². The highest BCUT2D eigenvalue weighted by atomic mass is 32.2. The summed E-state index contributed by atoms with van der Waals surface area (Å²) in [6, 6.07) is 6.40. The maximum absolute atomic E-state index is 12.9. The first kappa shape index (κ1) is 21.4. The number of rotatable bonds is 7. The highest BCUT2D eigenvalue weighted by Crippen LogP contribution is 2.61. The van der Waals surface area contributed by atoms with Crippen LogP contribution in [0, 0.1) is 23.2 Å². The lowest BCUT2D eigenvalue weighted by molar-refractivity contribution is -0.0688. The maximum atomic E-state index is 12.9. The zero-order valence-electron chi connectivity index (χ0n) is 18.3. The van der Waals surface area contributed by atoms with Crippen molar-refractivity contribution in [1.82, 2.24) is 10.0 Å². The molecule has 2 atom stereocenters. The largest absolute Gasteiger partial charge is 0.377 e. The Hall–Kier alpha value is -1.44. The van der Waals surface area contributed by atoms with Crippen molar-refractivity contribution in [2.45, 2.75) is 75.3 Å². The molecule has 6 rings (SSSR count). The van der Waals surface area contributed by atoms with Crippen LogP contribution in [0.3, 0.4) is 0 Å². The molecule has 0 unspecified atom stereocenters. The Morgan fingerprint density at radius 1 is 1.10 bits per heavy atom. The van der Waals surface area contributed by atoms with Gasteiger partial charge in [-0.05, 0) is 106 Å². The third-order valence-electron chi connectivity index (χ3n) is 8.30. The van der Waals surface area contributed by atoms with Gasteiger partial charge in [0.05, 0.1) is 11.0 Å². The van der Waals surface area contributed by atoms with Crippen molar-refractivity contribution in [2.75, 3.05) is 13.2 Å². The molecule has 1 aromatic carbocycles. The zero-order chi connectivity index (χ0) is 21.6. The van der Waals surface area contributed by atoms with Crippen molar-refractivity contribution in [3.8, 4) is 0 Å². The summed E-state index contributed by atoms with van der Waals surface area (Å²) >= 11 is 0. The van der Waals surface area contributed by atoms with E-state index >= 15 is 0 Å². The molecule has 170 valence electrons. The molecule has 5 aliphatic rings. The van der Waals surface area contributed by atoms with Gasteiger partial charge >= 0.3 is 0 Å². The van der Waals surface area contributed by atoms with Crippen LogP contribution in [0.4, 0.5) is 0 Å². The Kier molecular flexibility index (Phi) is 5.64. The van der Waals surface area contributed by atoms with Gasteiger partial charge in [0.25, 0.3) is 5.91 Å². The molecule has 0 spiro atoms. The number of carbonyl (C=O) groups excluding carboxylic acids is 1. The third-order valence-corrected chi connectivity index (χ3v) is 9.74. The maximum Gasteiger partial charge on any atom is 0.251 e. The van der Waals surface area contributed by atoms with E-state index in [1.165, 1.54) is 50.7 Å². The van der Waals surface area contributed by atoms with E-state index in [9.17, 15) is 13.2 Å². The van der Waals surface area contributed by atoms with E-state index in [1.807, 2.05) is 0 Å². The number of nitrogens with one attached hydrogen (secondary N) is 2. The smallest absolute Gasteiger partial charge is 0.251 e. The van der Waals surface area contributed by atoms with Crippen LogP contribution >= 0.6 is 0 Å². The van der Waals surface area contributed by atoms with Gasteiger partial charge in [0, 0.05) is 24.8 Å².